The summed E-state index contributed by atoms with van der Waals surface area (Å²) in [5.41, 5.74) is 2.12. The highest BCUT2D eigenvalue weighted by Gasteiger charge is 2.16. The maximum Gasteiger partial charge on any atom is 0.332 e. The summed E-state index contributed by atoms with van der Waals surface area (Å²) in [7, 11) is 0. The molecule has 144 valence electrons. The third-order valence-corrected chi connectivity index (χ3v) is 3.66. The first-order chi connectivity index (χ1) is 13.3. The van der Waals surface area contributed by atoms with Crippen molar-refractivity contribution in [3.8, 4) is 0 Å². The zero-order valence-electron chi connectivity index (χ0n) is 15.1. The van der Waals surface area contributed by atoms with Crippen LogP contribution in [0, 0.1) is 0 Å². The van der Waals surface area contributed by atoms with E-state index < -0.39 is 12.1 Å². The highest BCUT2D eigenvalue weighted by Crippen LogP contribution is 2.03. The van der Waals surface area contributed by atoms with Crippen LogP contribution in [0.25, 0.3) is 0 Å². The van der Waals surface area contributed by atoms with Crippen LogP contribution in [-0.4, -0.2) is 45.0 Å². The van der Waals surface area contributed by atoms with Crippen LogP contribution in [0.1, 0.15) is 11.1 Å². The molecule has 0 aromatic heterocycles. The molecule has 0 aliphatic rings. The molecule has 2 rings (SSSR count). The summed E-state index contributed by atoms with van der Waals surface area (Å²) in [6.07, 6.45) is 0.0785. The van der Waals surface area contributed by atoms with Crippen molar-refractivity contribution in [2.75, 3.05) is 26.4 Å². The molecule has 0 bridgehead atoms. The van der Waals surface area contributed by atoms with Crippen LogP contribution in [0.3, 0.4) is 0 Å². The monoisotopic (exact) mass is 372 g/mol. The lowest BCUT2D eigenvalue weighted by atomic mass is 10.2. The maximum atomic E-state index is 11.9. The number of hydrogen-bond acceptors (Lipinski definition) is 6. The van der Waals surface area contributed by atoms with E-state index in [9.17, 15) is 9.59 Å². The van der Waals surface area contributed by atoms with Crippen LogP contribution in [0.2, 0.25) is 0 Å². The van der Waals surface area contributed by atoms with Crippen molar-refractivity contribution in [2.24, 2.45) is 0 Å². The normalized spacial score (nSPS) is 11.6. The molecule has 0 aliphatic carbocycles. The van der Waals surface area contributed by atoms with E-state index >= 15 is 0 Å². The molecule has 1 unspecified atom stereocenters. The fourth-order valence-electron chi connectivity index (χ4n) is 2.36. The van der Waals surface area contributed by atoms with E-state index in [0.717, 1.165) is 17.5 Å². The topological polar surface area (TPSA) is 71.1 Å². The molecule has 0 saturated carbocycles. The molecule has 6 heteroatoms. The average molecular weight is 372 g/mol. The van der Waals surface area contributed by atoms with Crippen molar-refractivity contribution >= 4 is 12.4 Å². The van der Waals surface area contributed by atoms with Gasteiger partial charge in [-0.1, -0.05) is 60.7 Å². The van der Waals surface area contributed by atoms with Gasteiger partial charge in [-0.3, -0.25) is 4.79 Å². The molecule has 0 heterocycles. The molecular formula is C21H24O6. The fraction of sp³-hybridized carbons (Fsp3) is 0.333. The van der Waals surface area contributed by atoms with Crippen molar-refractivity contribution < 1.29 is 28.5 Å². The molecule has 2 aromatic rings. The Kier molecular flexibility index (Phi) is 9.63. The molecule has 0 N–H and O–H groups in total. The Morgan fingerprint density at radius 3 is 2.22 bits per heavy atom. The van der Waals surface area contributed by atoms with E-state index in [0.29, 0.717) is 19.7 Å². The first-order valence-electron chi connectivity index (χ1n) is 8.76. The Morgan fingerprint density at radius 1 is 0.889 bits per heavy atom. The minimum Gasteiger partial charge on any atom is -0.464 e. The third-order valence-electron chi connectivity index (χ3n) is 3.66. The number of carbonyl (C=O) groups excluding carboxylic acids is 2. The summed E-state index contributed by atoms with van der Waals surface area (Å²) in [5, 5.41) is 0. The predicted octanol–water partition coefficient (Wildman–Crippen LogP) is 2.55. The quantitative estimate of drug-likeness (QED) is 0.306. The van der Waals surface area contributed by atoms with Crippen molar-refractivity contribution in [3.63, 3.8) is 0 Å². The van der Waals surface area contributed by atoms with Crippen molar-refractivity contribution in [2.45, 2.75) is 19.1 Å². The van der Waals surface area contributed by atoms with Gasteiger partial charge in [0.15, 0.2) is 6.10 Å². The highest BCUT2D eigenvalue weighted by molar-refractivity contribution is 5.70. The van der Waals surface area contributed by atoms with Crippen molar-refractivity contribution in [3.05, 3.63) is 71.8 Å². The first-order valence-corrected chi connectivity index (χ1v) is 8.76. The second-order valence-corrected chi connectivity index (χ2v) is 5.83. The number of rotatable bonds is 13. The largest absolute Gasteiger partial charge is 0.464 e. The van der Waals surface area contributed by atoms with Gasteiger partial charge in [0.25, 0.3) is 6.47 Å². The third kappa shape index (κ3) is 8.99. The summed E-state index contributed by atoms with van der Waals surface area (Å²) in [6, 6.07) is 19.4. The van der Waals surface area contributed by atoms with Gasteiger partial charge < -0.3 is 18.9 Å². The summed E-state index contributed by atoms with van der Waals surface area (Å²) in [6.45, 7) is 1.01. The molecule has 1 atom stereocenters. The molecule has 0 amide bonds. The van der Waals surface area contributed by atoms with Crippen molar-refractivity contribution in [1.82, 2.24) is 0 Å². The van der Waals surface area contributed by atoms with Gasteiger partial charge in [-0.05, 0) is 17.5 Å². The molecule has 6 nitrogen and oxygen atoms in total. The average Bonchev–Trinajstić information content (AvgIpc) is 2.70. The Morgan fingerprint density at radius 2 is 1.56 bits per heavy atom. The van der Waals surface area contributed by atoms with Crippen LogP contribution in [0.5, 0.6) is 0 Å². The second kappa shape index (κ2) is 12.6. The number of hydrogen-bond donors (Lipinski definition) is 0. The van der Waals surface area contributed by atoms with Crippen LogP contribution in [0.15, 0.2) is 60.7 Å². The SMILES string of the molecule is O=COCC(COCCc1ccccc1)OC(=O)COCc1ccccc1. The van der Waals surface area contributed by atoms with E-state index in [4.69, 9.17) is 18.9 Å². The predicted molar refractivity (Wildman–Crippen MR) is 99.0 cm³/mol. The van der Waals surface area contributed by atoms with E-state index in [-0.39, 0.29) is 19.8 Å². The minimum absolute atomic E-state index is 0.0563. The Hall–Kier alpha value is -2.70. The van der Waals surface area contributed by atoms with Crippen LogP contribution in [0.4, 0.5) is 0 Å². The van der Waals surface area contributed by atoms with Crippen LogP contribution in [-0.2, 0) is 41.6 Å². The van der Waals surface area contributed by atoms with Crippen LogP contribution >= 0.6 is 0 Å². The van der Waals surface area contributed by atoms with Gasteiger partial charge in [-0.25, -0.2) is 4.79 Å². The van der Waals surface area contributed by atoms with E-state index in [1.807, 2.05) is 60.7 Å². The van der Waals surface area contributed by atoms with E-state index in [2.05, 4.69) is 0 Å². The van der Waals surface area contributed by atoms with E-state index in [1.54, 1.807) is 0 Å². The summed E-state index contributed by atoms with van der Waals surface area (Å²) in [5.74, 6) is -0.530. The molecule has 0 spiro atoms. The second-order valence-electron chi connectivity index (χ2n) is 5.83. The van der Waals surface area contributed by atoms with Gasteiger partial charge in [0.2, 0.25) is 0 Å². The smallest absolute Gasteiger partial charge is 0.332 e. The maximum absolute atomic E-state index is 11.9. The summed E-state index contributed by atoms with van der Waals surface area (Å²) in [4.78, 5) is 22.3. The Balaban J connectivity index is 1.67. The molecule has 0 radical (unpaired) electrons. The molecule has 0 saturated heterocycles. The fourth-order valence-corrected chi connectivity index (χ4v) is 2.36. The molecule has 27 heavy (non-hydrogen) atoms. The Bertz CT molecular complexity index is 659. The minimum atomic E-state index is -0.668. The molecule has 0 aliphatic heterocycles. The first kappa shape index (κ1) is 20.6. The van der Waals surface area contributed by atoms with E-state index in [1.165, 1.54) is 0 Å². The zero-order valence-corrected chi connectivity index (χ0v) is 15.1. The highest BCUT2D eigenvalue weighted by atomic mass is 16.6. The van der Waals surface area contributed by atoms with Gasteiger partial charge in [0.1, 0.15) is 13.2 Å². The Labute approximate surface area is 159 Å². The lowest BCUT2D eigenvalue weighted by Crippen LogP contribution is -2.30. The van der Waals surface area contributed by atoms with Crippen LogP contribution < -0.4 is 0 Å². The molecular weight excluding hydrogens is 348 g/mol. The number of benzene rings is 2. The van der Waals surface area contributed by atoms with Gasteiger partial charge >= 0.3 is 5.97 Å². The van der Waals surface area contributed by atoms with Gasteiger partial charge in [-0.2, -0.15) is 0 Å². The summed E-state index contributed by atoms with van der Waals surface area (Å²) >= 11 is 0. The molecule has 0 fully saturated rings. The van der Waals surface area contributed by atoms with Gasteiger partial charge in [-0.15, -0.1) is 0 Å². The molecule has 2 aromatic carbocycles. The zero-order chi connectivity index (χ0) is 19.2. The van der Waals surface area contributed by atoms with Crippen molar-refractivity contribution in [1.29, 1.82) is 0 Å². The van der Waals surface area contributed by atoms with Gasteiger partial charge in [0.05, 0.1) is 19.8 Å². The lowest BCUT2D eigenvalue weighted by molar-refractivity contribution is -0.163. The lowest BCUT2D eigenvalue weighted by Gasteiger charge is -2.17. The number of ether oxygens (including phenoxy) is 4. The summed E-state index contributed by atoms with van der Waals surface area (Å²) < 4.78 is 20.9. The van der Waals surface area contributed by atoms with Gasteiger partial charge in [0, 0.05) is 0 Å². The standard InChI is InChI=1S/C21H24O6/c22-17-26-15-20(14-24-12-11-18-7-3-1-4-8-18)27-21(23)16-25-13-19-9-5-2-6-10-19/h1-10,17,20H,11-16H2. The number of carbonyl (C=O) groups is 2. The number of esters is 1.